The van der Waals surface area contributed by atoms with Crippen LogP contribution in [-0.2, 0) is 9.59 Å². The molecule has 156 valence electrons. The highest BCUT2D eigenvalue weighted by molar-refractivity contribution is 8.26. The molecule has 2 aromatic rings. The second-order valence-corrected chi connectivity index (χ2v) is 8.95. The van der Waals surface area contributed by atoms with Gasteiger partial charge in [-0.15, -0.1) is 0 Å². The summed E-state index contributed by atoms with van der Waals surface area (Å²) >= 11 is 6.45. The van der Waals surface area contributed by atoms with Gasteiger partial charge in [0.1, 0.15) is 11.5 Å². The monoisotopic (exact) mass is 441 g/mol. The van der Waals surface area contributed by atoms with Gasteiger partial charge in [0.25, 0.3) is 5.91 Å². The highest BCUT2D eigenvalue weighted by Gasteiger charge is 2.33. The molecule has 30 heavy (non-hydrogen) atoms. The fourth-order valence-corrected chi connectivity index (χ4v) is 4.66. The van der Waals surface area contributed by atoms with Gasteiger partial charge in [0.2, 0.25) is 5.91 Å². The summed E-state index contributed by atoms with van der Waals surface area (Å²) < 4.78 is 6.15. The lowest BCUT2D eigenvalue weighted by Crippen LogP contribution is -2.46. The van der Waals surface area contributed by atoms with Gasteiger partial charge in [0.05, 0.1) is 4.91 Å². The average molecular weight is 442 g/mol. The van der Waals surface area contributed by atoms with E-state index in [4.69, 9.17) is 16.6 Å². The number of nitrogens with one attached hydrogen (secondary N) is 1. The van der Waals surface area contributed by atoms with E-state index < -0.39 is 0 Å². The van der Waals surface area contributed by atoms with E-state index in [2.05, 4.69) is 10.3 Å². The Labute approximate surface area is 185 Å². The van der Waals surface area contributed by atoms with Gasteiger partial charge in [-0.3, -0.25) is 15.0 Å². The van der Waals surface area contributed by atoms with Crippen LogP contribution in [0.15, 0.2) is 51.8 Å². The Morgan fingerprint density at radius 2 is 1.90 bits per heavy atom. The number of amides is 2. The van der Waals surface area contributed by atoms with Crippen LogP contribution < -0.4 is 5.43 Å². The Kier molecular flexibility index (Phi) is 6.66. The largest absolute Gasteiger partial charge is 0.457 e. The Bertz CT molecular complexity index is 965. The van der Waals surface area contributed by atoms with Gasteiger partial charge in [0, 0.05) is 24.6 Å². The van der Waals surface area contributed by atoms with E-state index in [-0.39, 0.29) is 11.8 Å². The van der Waals surface area contributed by atoms with Crippen LogP contribution in [0.2, 0.25) is 0 Å². The van der Waals surface area contributed by atoms with Crippen molar-refractivity contribution < 1.29 is 14.0 Å². The Morgan fingerprint density at radius 1 is 1.13 bits per heavy atom. The van der Waals surface area contributed by atoms with Gasteiger partial charge in [-0.25, -0.2) is 0 Å². The number of benzene rings is 1. The van der Waals surface area contributed by atoms with Crippen molar-refractivity contribution in [2.75, 3.05) is 19.6 Å². The van der Waals surface area contributed by atoms with Crippen molar-refractivity contribution in [2.24, 2.45) is 0 Å². The predicted octanol–water partition coefficient (Wildman–Crippen LogP) is 4.06. The summed E-state index contributed by atoms with van der Waals surface area (Å²) in [5.74, 6) is 0.741. The summed E-state index contributed by atoms with van der Waals surface area (Å²) in [5, 5.41) is 1.16. The van der Waals surface area contributed by atoms with Crippen molar-refractivity contribution in [3.05, 3.63) is 53.1 Å². The molecule has 8 heteroatoms. The van der Waals surface area contributed by atoms with Gasteiger partial charge in [-0.05, 0) is 50.3 Å². The Balaban J connectivity index is 1.36. The number of likely N-dealkylation sites (tertiary alicyclic amines) is 1. The van der Waals surface area contributed by atoms with Gasteiger partial charge in [-0.1, -0.05) is 48.5 Å². The predicted molar refractivity (Wildman–Crippen MR) is 122 cm³/mol. The standard InChI is InChI=1S/C22H23N3O3S2/c26-20(11-14-24-12-5-2-6-13-24)23-25-21(27)19(30-22(25)29)15-17-9-10-18(28-17)16-7-3-1-4-8-16/h1,3-4,7-10,15H,2,5-6,11-14H2,(H,23,26)/b19-15+. The zero-order valence-electron chi connectivity index (χ0n) is 16.5. The normalized spacial score (nSPS) is 18.9. The number of hydrogen-bond donors (Lipinski definition) is 1. The number of hydrogen-bond acceptors (Lipinski definition) is 6. The first kappa shape index (κ1) is 20.8. The quantitative estimate of drug-likeness (QED) is 0.539. The molecule has 3 heterocycles. The molecule has 0 saturated carbocycles. The van der Waals surface area contributed by atoms with Crippen molar-refractivity contribution in [1.29, 1.82) is 0 Å². The first-order valence-electron chi connectivity index (χ1n) is 10.1. The van der Waals surface area contributed by atoms with Crippen molar-refractivity contribution in [3.63, 3.8) is 0 Å². The van der Waals surface area contributed by atoms with Crippen LogP contribution in [-0.4, -0.2) is 45.7 Å². The molecule has 0 bridgehead atoms. The SMILES string of the molecule is O=C(CCN1CCCCC1)NN1C(=O)/C(=C\c2ccc(-c3ccccc3)o2)SC1=S. The topological polar surface area (TPSA) is 65.8 Å². The fourth-order valence-electron chi connectivity index (χ4n) is 3.50. The van der Waals surface area contributed by atoms with Gasteiger partial charge < -0.3 is 9.32 Å². The minimum absolute atomic E-state index is 0.206. The molecular weight excluding hydrogens is 418 g/mol. The molecule has 0 spiro atoms. The summed E-state index contributed by atoms with van der Waals surface area (Å²) in [6.07, 6.45) is 5.62. The number of thiocarbonyl (C=S) groups is 1. The molecule has 2 fully saturated rings. The second-order valence-electron chi connectivity index (χ2n) is 7.27. The summed E-state index contributed by atoms with van der Waals surface area (Å²) in [6, 6.07) is 13.4. The molecule has 1 N–H and O–H groups in total. The first-order valence-corrected chi connectivity index (χ1v) is 11.3. The zero-order chi connectivity index (χ0) is 20.9. The minimum atomic E-state index is -0.339. The highest BCUT2D eigenvalue weighted by Crippen LogP contribution is 2.32. The molecule has 0 aliphatic carbocycles. The number of nitrogens with zero attached hydrogens (tertiary/aromatic N) is 2. The van der Waals surface area contributed by atoms with Crippen LogP contribution in [0.25, 0.3) is 17.4 Å². The van der Waals surface area contributed by atoms with E-state index in [9.17, 15) is 9.59 Å². The number of hydrazine groups is 1. The lowest BCUT2D eigenvalue weighted by molar-refractivity contribution is -0.133. The van der Waals surface area contributed by atoms with E-state index in [0.29, 0.717) is 28.0 Å². The molecule has 2 aliphatic rings. The van der Waals surface area contributed by atoms with Crippen LogP contribution >= 0.6 is 24.0 Å². The molecule has 6 nitrogen and oxygen atoms in total. The van der Waals surface area contributed by atoms with Crippen LogP contribution in [0.4, 0.5) is 0 Å². The Hall–Kier alpha value is -2.42. The number of rotatable bonds is 6. The van der Waals surface area contributed by atoms with Crippen LogP contribution in [0.1, 0.15) is 31.4 Å². The number of carbonyl (C=O) groups excluding carboxylic acids is 2. The number of furan rings is 1. The summed E-state index contributed by atoms with van der Waals surface area (Å²) in [7, 11) is 0. The molecule has 2 amide bonds. The molecule has 2 saturated heterocycles. The summed E-state index contributed by atoms with van der Waals surface area (Å²) in [4.78, 5) is 27.7. The van der Waals surface area contributed by atoms with E-state index in [1.165, 1.54) is 19.3 Å². The fraction of sp³-hybridized carbons (Fsp3) is 0.318. The zero-order valence-corrected chi connectivity index (χ0v) is 18.1. The van der Waals surface area contributed by atoms with Gasteiger partial charge in [0.15, 0.2) is 4.32 Å². The number of carbonyl (C=O) groups is 2. The molecular formula is C22H23N3O3S2. The van der Waals surface area contributed by atoms with E-state index >= 15 is 0 Å². The van der Waals surface area contributed by atoms with Crippen LogP contribution in [0.3, 0.4) is 0 Å². The number of piperidine rings is 1. The first-order chi connectivity index (χ1) is 14.6. The third-order valence-electron chi connectivity index (χ3n) is 5.09. The lowest BCUT2D eigenvalue weighted by Gasteiger charge is -2.26. The van der Waals surface area contributed by atoms with Crippen molar-refractivity contribution in [1.82, 2.24) is 15.3 Å². The maximum atomic E-state index is 12.7. The third-order valence-corrected chi connectivity index (χ3v) is 6.39. The van der Waals surface area contributed by atoms with Gasteiger partial charge >= 0.3 is 0 Å². The Morgan fingerprint density at radius 3 is 2.67 bits per heavy atom. The molecule has 4 rings (SSSR count). The molecule has 1 aromatic carbocycles. The third kappa shape index (κ3) is 5.00. The maximum absolute atomic E-state index is 12.7. The molecule has 0 radical (unpaired) electrons. The van der Waals surface area contributed by atoms with Gasteiger partial charge in [-0.2, -0.15) is 5.01 Å². The van der Waals surface area contributed by atoms with E-state index in [0.717, 1.165) is 41.2 Å². The van der Waals surface area contributed by atoms with Crippen molar-refractivity contribution in [2.45, 2.75) is 25.7 Å². The number of thioether (sulfide) groups is 1. The van der Waals surface area contributed by atoms with Crippen LogP contribution in [0.5, 0.6) is 0 Å². The summed E-state index contributed by atoms with van der Waals surface area (Å²) in [6.45, 7) is 2.77. The minimum Gasteiger partial charge on any atom is -0.457 e. The smallest absolute Gasteiger partial charge is 0.285 e. The van der Waals surface area contributed by atoms with Crippen LogP contribution in [0, 0.1) is 0 Å². The maximum Gasteiger partial charge on any atom is 0.285 e. The van der Waals surface area contributed by atoms with Crippen molar-refractivity contribution in [3.8, 4) is 11.3 Å². The lowest BCUT2D eigenvalue weighted by atomic mass is 10.1. The molecule has 1 aromatic heterocycles. The average Bonchev–Trinajstić information content (AvgIpc) is 3.34. The van der Waals surface area contributed by atoms with E-state index in [1.54, 1.807) is 6.08 Å². The molecule has 0 atom stereocenters. The highest BCUT2D eigenvalue weighted by atomic mass is 32.2. The van der Waals surface area contributed by atoms with Crippen molar-refractivity contribution >= 4 is 46.2 Å². The molecule has 2 aliphatic heterocycles. The second kappa shape index (κ2) is 9.59. The van der Waals surface area contributed by atoms with E-state index in [1.807, 2.05) is 42.5 Å². The molecule has 0 unspecified atom stereocenters. The summed E-state index contributed by atoms with van der Waals surface area (Å²) in [5.41, 5.74) is 3.61.